The van der Waals surface area contributed by atoms with Gasteiger partial charge in [-0.25, -0.2) is 4.79 Å². The van der Waals surface area contributed by atoms with Crippen molar-refractivity contribution in [2.75, 3.05) is 19.8 Å². The van der Waals surface area contributed by atoms with Gasteiger partial charge in [-0.1, -0.05) is 48.5 Å². The van der Waals surface area contributed by atoms with Crippen molar-refractivity contribution in [1.29, 1.82) is 0 Å². The number of benzene rings is 2. The lowest BCUT2D eigenvalue weighted by atomic mass is 10.2. The summed E-state index contributed by atoms with van der Waals surface area (Å²) < 4.78 is 16.8. The van der Waals surface area contributed by atoms with E-state index in [9.17, 15) is 14.4 Å². The number of rotatable bonds is 9. The zero-order valence-corrected chi connectivity index (χ0v) is 18.4. The standard InChI is InChI=1S/C23H24N2O6S/c1-16(24-13-19(31-22(24)27)15-29-18-10-6-3-7-11-18)14-30-21-20(26)25(23(28)32-21)12-17-8-4-2-5-9-17/h2-11,16,19,21H,12-15H2,1H3. The van der Waals surface area contributed by atoms with Crippen LogP contribution in [-0.4, -0.2) is 64.4 Å². The van der Waals surface area contributed by atoms with Crippen LogP contribution in [0.5, 0.6) is 5.75 Å². The van der Waals surface area contributed by atoms with Crippen LogP contribution in [0.1, 0.15) is 12.5 Å². The number of nitrogens with zero attached hydrogens (tertiary/aromatic N) is 2. The Hall–Kier alpha value is -3.04. The highest BCUT2D eigenvalue weighted by atomic mass is 32.2. The summed E-state index contributed by atoms with van der Waals surface area (Å²) in [4.78, 5) is 39.9. The maximum absolute atomic E-state index is 12.6. The molecule has 0 N–H and O–H groups in total. The lowest BCUT2D eigenvalue weighted by Crippen LogP contribution is -2.40. The Morgan fingerprint density at radius 1 is 1.06 bits per heavy atom. The molecule has 4 rings (SSSR count). The molecule has 32 heavy (non-hydrogen) atoms. The summed E-state index contributed by atoms with van der Waals surface area (Å²) in [5.74, 6) is 0.328. The summed E-state index contributed by atoms with van der Waals surface area (Å²) >= 11 is 0.853. The first-order valence-corrected chi connectivity index (χ1v) is 11.2. The number of hydrogen-bond donors (Lipinski definition) is 0. The van der Waals surface area contributed by atoms with Crippen LogP contribution in [0.3, 0.4) is 0 Å². The minimum absolute atomic E-state index is 0.108. The smallest absolute Gasteiger partial charge is 0.410 e. The van der Waals surface area contributed by atoms with E-state index in [-0.39, 0.29) is 36.9 Å². The predicted octanol–water partition coefficient (Wildman–Crippen LogP) is 3.51. The Labute approximate surface area is 190 Å². The third-order valence-electron chi connectivity index (χ3n) is 5.18. The molecule has 168 valence electrons. The minimum Gasteiger partial charge on any atom is -0.490 e. The molecule has 0 aromatic heterocycles. The molecule has 2 heterocycles. The Balaban J connectivity index is 1.25. The van der Waals surface area contributed by atoms with Gasteiger partial charge in [-0.15, -0.1) is 0 Å². The van der Waals surface area contributed by atoms with Crippen LogP contribution >= 0.6 is 11.8 Å². The summed E-state index contributed by atoms with van der Waals surface area (Å²) in [5, 5.41) is -0.338. The summed E-state index contributed by atoms with van der Waals surface area (Å²) in [6.45, 7) is 2.75. The van der Waals surface area contributed by atoms with E-state index in [1.165, 1.54) is 4.90 Å². The Morgan fingerprint density at radius 3 is 2.47 bits per heavy atom. The molecule has 2 aromatic rings. The molecule has 3 amide bonds. The van der Waals surface area contributed by atoms with Gasteiger partial charge in [-0.05, 0) is 36.4 Å². The SMILES string of the molecule is CC(COC1SC(=O)N(Cc2ccccc2)C1=O)N1CC(COc2ccccc2)OC1=O. The summed E-state index contributed by atoms with van der Waals surface area (Å²) in [5.41, 5.74) is -0.0445. The van der Waals surface area contributed by atoms with Crippen LogP contribution in [0.2, 0.25) is 0 Å². The van der Waals surface area contributed by atoms with E-state index >= 15 is 0 Å². The number of ether oxygens (including phenoxy) is 3. The highest BCUT2D eigenvalue weighted by molar-refractivity contribution is 8.15. The summed E-state index contributed by atoms with van der Waals surface area (Å²) in [6, 6.07) is 18.3. The fourth-order valence-electron chi connectivity index (χ4n) is 3.45. The lowest BCUT2D eigenvalue weighted by molar-refractivity contribution is -0.134. The molecule has 0 spiro atoms. The lowest BCUT2D eigenvalue weighted by Gasteiger charge is -2.22. The second-order valence-electron chi connectivity index (χ2n) is 7.59. The van der Waals surface area contributed by atoms with Gasteiger partial charge in [-0.2, -0.15) is 0 Å². The molecule has 2 aliphatic rings. The molecule has 3 atom stereocenters. The largest absolute Gasteiger partial charge is 0.490 e. The second kappa shape index (κ2) is 10.1. The van der Waals surface area contributed by atoms with Crippen LogP contribution < -0.4 is 4.74 Å². The van der Waals surface area contributed by atoms with Crippen molar-refractivity contribution in [2.45, 2.75) is 31.1 Å². The van der Waals surface area contributed by atoms with Gasteiger partial charge in [0.1, 0.15) is 12.4 Å². The predicted molar refractivity (Wildman–Crippen MR) is 118 cm³/mol. The Morgan fingerprint density at radius 2 is 1.75 bits per heavy atom. The van der Waals surface area contributed by atoms with Crippen molar-refractivity contribution in [3.8, 4) is 5.75 Å². The molecule has 2 aliphatic heterocycles. The third-order valence-corrected chi connectivity index (χ3v) is 6.16. The van der Waals surface area contributed by atoms with Crippen LogP contribution in [0.25, 0.3) is 0 Å². The molecule has 2 fully saturated rings. The summed E-state index contributed by atoms with van der Waals surface area (Å²) in [7, 11) is 0. The maximum atomic E-state index is 12.6. The molecule has 9 heteroatoms. The zero-order chi connectivity index (χ0) is 22.5. The highest BCUT2D eigenvalue weighted by Gasteiger charge is 2.41. The second-order valence-corrected chi connectivity index (χ2v) is 8.60. The topological polar surface area (TPSA) is 85.4 Å². The average molecular weight is 457 g/mol. The van der Waals surface area contributed by atoms with E-state index in [1.54, 1.807) is 4.90 Å². The fraction of sp³-hybridized carbons (Fsp3) is 0.348. The number of amides is 3. The van der Waals surface area contributed by atoms with Gasteiger partial charge in [0.05, 0.1) is 25.7 Å². The summed E-state index contributed by atoms with van der Waals surface area (Å²) in [6.07, 6.45) is -0.842. The van der Waals surface area contributed by atoms with Crippen LogP contribution in [0.4, 0.5) is 9.59 Å². The van der Waals surface area contributed by atoms with Crippen LogP contribution in [0.15, 0.2) is 60.7 Å². The molecule has 3 unspecified atom stereocenters. The molecule has 0 bridgehead atoms. The van der Waals surface area contributed by atoms with Crippen molar-refractivity contribution < 1.29 is 28.6 Å². The van der Waals surface area contributed by atoms with Crippen LogP contribution in [0, 0.1) is 0 Å². The van der Waals surface area contributed by atoms with Crippen molar-refractivity contribution in [1.82, 2.24) is 9.80 Å². The zero-order valence-electron chi connectivity index (χ0n) is 17.6. The molecule has 2 aromatic carbocycles. The molecular weight excluding hydrogens is 432 g/mol. The first kappa shape index (κ1) is 22.2. The van der Waals surface area contributed by atoms with E-state index in [2.05, 4.69) is 0 Å². The molecule has 0 radical (unpaired) electrons. The van der Waals surface area contributed by atoms with Gasteiger partial charge in [0.25, 0.3) is 11.1 Å². The number of carbonyl (C=O) groups excluding carboxylic acids is 3. The molecule has 0 saturated carbocycles. The van der Waals surface area contributed by atoms with E-state index < -0.39 is 17.6 Å². The number of carbonyl (C=O) groups is 3. The Kier molecular flexibility index (Phi) is 6.96. The van der Waals surface area contributed by atoms with E-state index in [0.717, 1.165) is 17.3 Å². The number of hydrogen-bond acceptors (Lipinski definition) is 7. The first-order valence-electron chi connectivity index (χ1n) is 10.3. The number of cyclic esters (lactones) is 1. The van der Waals surface area contributed by atoms with Gasteiger partial charge >= 0.3 is 6.09 Å². The van der Waals surface area contributed by atoms with E-state index in [4.69, 9.17) is 14.2 Å². The fourth-order valence-corrected chi connectivity index (χ4v) is 4.29. The quantitative estimate of drug-likeness (QED) is 0.571. The van der Waals surface area contributed by atoms with Gasteiger partial charge in [0, 0.05) is 0 Å². The van der Waals surface area contributed by atoms with Crippen molar-refractivity contribution in [3.05, 3.63) is 66.2 Å². The van der Waals surface area contributed by atoms with Crippen molar-refractivity contribution in [3.63, 3.8) is 0 Å². The van der Waals surface area contributed by atoms with E-state index in [0.29, 0.717) is 12.3 Å². The molecule has 0 aliphatic carbocycles. The Bertz CT molecular complexity index is 957. The normalized spacial score (nSPS) is 21.7. The highest BCUT2D eigenvalue weighted by Crippen LogP contribution is 2.29. The maximum Gasteiger partial charge on any atom is 0.410 e. The first-order chi connectivity index (χ1) is 15.5. The molecule has 8 nitrogen and oxygen atoms in total. The van der Waals surface area contributed by atoms with Gasteiger partial charge in [-0.3, -0.25) is 19.4 Å². The number of para-hydroxylation sites is 1. The van der Waals surface area contributed by atoms with Crippen molar-refractivity contribution in [2.24, 2.45) is 0 Å². The number of thioether (sulfide) groups is 1. The van der Waals surface area contributed by atoms with Crippen LogP contribution in [-0.2, 0) is 20.8 Å². The van der Waals surface area contributed by atoms with Crippen molar-refractivity contribution >= 4 is 29.0 Å². The average Bonchev–Trinajstić information content (AvgIpc) is 3.31. The monoisotopic (exact) mass is 456 g/mol. The van der Waals surface area contributed by atoms with Gasteiger partial charge in [0.15, 0.2) is 11.5 Å². The third kappa shape index (κ3) is 5.23. The minimum atomic E-state index is -0.913. The van der Waals surface area contributed by atoms with Gasteiger partial charge < -0.3 is 14.2 Å². The molecule has 2 saturated heterocycles. The van der Waals surface area contributed by atoms with E-state index in [1.807, 2.05) is 67.6 Å². The van der Waals surface area contributed by atoms with Gasteiger partial charge in [0.2, 0.25) is 0 Å². The number of imide groups is 1. The molecular formula is C23H24N2O6S.